The van der Waals surface area contributed by atoms with Crippen LogP contribution in [0.2, 0.25) is 0 Å². The number of hydrogen-bond acceptors (Lipinski definition) is 3. The first-order valence-electron chi connectivity index (χ1n) is 8.56. The Balaban J connectivity index is 1.75. The fourth-order valence-corrected chi connectivity index (χ4v) is 3.21. The van der Waals surface area contributed by atoms with E-state index in [0.717, 1.165) is 24.8 Å². The van der Waals surface area contributed by atoms with E-state index in [2.05, 4.69) is 17.3 Å². The first-order chi connectivity index (χ1) is 11.6. The highest BCUT2D eigenvalue weighted by molar-refractivity contribution is 5.92. The second-order valence-electron chi connectivity index (χ2n) is 6.54. The summed E-state index contributed by atoms with van der Waals surface area (Å²) >= 11 is 0. The average Bonchev–Trinajstić information content (AvgIpc) is 2.60. The van der Waals surface area contributed by atoms with Gasteiger partial charge >= 0.3 is 0 Å². The van der Waals surface area contributed by atoms with E-state index >= 15 is 0 Å². The average molecular weight is 325 g/mol. The second-order valence-corrected chi connectivity index (χ2v) is 6.54. The van der Waals surface area contributed by atoms with Crippen LogP contribution >= 0.6 is 0 Å². The molecule has 3 rings (SSSR count). The van der Waals surface area contributed by atoms with Crippen molar-refractivity contribution in [3.05, 3.63) is 64.1 Å². The molecule has 1 heterocycles. The molecule has 0 aliphatic heterocycles. The van der Waals surface area contributed by atoms with E-state index < -0.39 is 0 Å². The van der Waals surface area contributed by atoms with Crippen LogP contribution in [0.5, 0.6) is 0 Å². The molecule has 2 atom stereocenters. The van der Waals surface area contributed by atoms with Gasteiger partial charge in [0.15, 0.2) is 0 Å². The van der Waals surface area contributed by atoms with Gasteiger partial charge in [0.25, 0.3) is 11.5 Å². The molecule has 24 heavy (non-hydrogen) atoms. The van der Waals surface area contributed by atoms with Gasteiger partial charge in [0.1, 0.15) is 5.69 Å². The predicted molar refractivity (Wildman–Crippen MR) is 92.9 cm³/mol. The number of carbonyl (C=O) groups is 1. The summed E-state index contributed by atoms with van der Waals surface area (Å²) in [7, 11) is 0. The third-order valence-corrected chi connectivity index (χ3v) is 4.70. The van der Waals surface area contributed by atoms with E-state index in [9.17, 15) is 9.59 Å². The van der Waals surface area contributed by atoms with Gasteiger partial charge in [0, 0.05) is 12.1 Å². The molecule has 1 aromatic carbocycles. The second kappa shape index (κ2) is 7.43. The molecule has 126 valence electrons. The summed E-state index contributed by atoms with van der Waals surface area (Å²) in [5.74, 6) is 0.286. The Kier molecular flexibility index (Phi) is 5.08. The van der Waals surface area contributed by atoms with Crippen molar-refractivity contribution in [2.24, 2.45) is 5.92 Å². The third-order valence-electron chi connectivity index (χ3n) is 4.70. The molecule has 2 aromatic rings. The molecule has 5 nitrogen and oxygen atoms in total. The summed E-state index contributed by atoms with van der Waals surface area (Å²) in [4.78, 5) is 24.5. The highest BCUT2D eigenvalue weighted by Crippen LogP contribution is 2.23. The normalized spacial score (nSPS) is 20.5. The highest BCUT2D eigenvalue weighted by atomic mass is 16.2. The minimum absolute atomic E-state index is 0.197. The smallest absolute Gasteiger partial charge is 0.271 e. The van der Waals surface area contributed by atoms with Crippen LogP contribution in [0.25, 0.3) is 0 Å². The summed E-state index contributed by atoms with van der Waals surface area (Å²) in [6, 6.07) is 12.7. The van der Waals surface area contributed by atoms with Crippen molar-refractivity contribution in [1.29, 1.82) is 0 Å². The van der Waals surface area contributed by atoms with Gasteiger partial charge in [0.05, 0.1) is 6.54 Å². The molecule has 1 saturated carbocycles. The topological polar surface area (TPSA) is 64.0 Å². The first-order valence-corrected chi connectivity index (χ1v) is 8.56. The molecule has 0 saturated heterocycles. The van der Waals surface area contributed by atoms with Crippen molar-refractivity contribution in [3.63, 3.8) is 0 Å². The van der Waals surface area contributed by atoms with E-state index in [4.69, 9.17) is 0 Å². The zero-order valence-electron chi connectivity index (χ0n) is 13.9. The molecule has 0 unspecified atom stereocenters. The van der Waals surface area contributed by atoms with Gasteiger partial charge in [0.2, 0.25) is 0 Å². The van der Waals surface area contributed by atoms with Crippen LogP contribution in [0.15, 0.2) is 47.3 Å². The number of hydrogen-bond donors (Lipinski definition) is 1. The lowest BCUT2D eigenvalue weighted by Crippen LogP contribution is -2.42. The van der Waals surface area contributed by atoms with Gasteiger partial charge in [-0.25, -0.2) is 4.68 Å². The largest absolute Gasteiger partial charge is 0.348 e. The molecular formula is C19H23N3O2. The van der Waals surface area contributed by atoms with Gasteiger partial charge in [-0.3, -0.25) is 9.59 Å². The zero-order valence-corrected chi connectivity index (χ0v) is 13.9. The molecule has 5 heteroatoms. The molecule has 1 aromatic heterocycles. The van der Waals surface area contributed by atoms with Crippen molar-refractivity contribution < 1.29 is 4.79 Å². The minimum atomic E-state index is -0.207. The minimum Gasteiger partial charge on any atom is -0.348 e. The van der Waals surface area contributed by atoms with E-state index in [-0.39, 0.29) is 17.5 Å². The lowest BCUT2D eigenvalue weighted by atomic mass is 9.86. The number of nitrogens with one attached hydrogen (secondary N) is 1. The van der Waals surface area contributed by atoms with Crippen LogP contribution in [-0.2, 0) is 6.54 Å². The number of aromatic nitrogens is 2. The Morgan fingerprint density at radius 2 is 1.92 bits per heavy atom. The summed E-state index contributed by atoms with van der Waals surface area (Å²) in [5.41, 5.74) is 1.07. The number of amides is 1. The standard InChI is InChI=1S/C19H23N3O2/c1-14-7-5-6-10-16(14)20-19(24)17-11-12-18(23)22(21-17)13-15-8-3-2-4-9-15/h2-4,8-9,11-12,14,16H,5-7,10,13H2,1H3,(H,20,24)/t14-,16+/m1/s1. The van der Waals surface area contributed by atoms with Crippen LogP contribution < -0.4 is 10.9 Å². The third kappa shape index (κ3) is 3.91. The molecule has 1 fully saturated rings. The van der Waals surface area contributed by atoms with Crippen LogP contribution in [0.3, 0.4) is 0 Å². The van der Waals surface area contributed by atoms with E-state index in [1.165, 1.54) is 23.2 Å². The Morgan fingerprint density at radius 1 is 1.17 bits per heavy atom. The zero-order chi connectivity index (χ0) is 16.9. The van der Waals surface area contributed by atoms with Crippen molar-refractivity contribution in [3.8, 4) is 0 Å². The van der Waals surface area contributed by atoms with Gasteiger partial charge < -0.3 is 5.32 Å². The van der Waals surface area contributed by atoms with Gasteiger partial charge in [-0.05, 0) is 30.4 Å². The van der Waals surface area contributed by atoms with Crippen LogP contribution in [-0.4, -0.2) is 21.7 Å². The van der Waals surface area contributed by atoms with Gasteiger partial charge in [-0.2, -0.15) is 5.10 Å². The van der Waals surface area contributed by atoms with E-state index in [1.807, 2.05) is 30.3 Å². The first kappa shape index (κ1) is 16.4. The predicted octanol–water partition coefficient (Wildman–Crippen LogP) is 2.60. The Bertz CT molecular complexity index is 755. The quantitative estimate of drug-likeness (QED) is 0.940. The van der Waals surface area contributed by atoms with E-state index in [0.29, 0.717) is 18.2 Å². The summed E-state index contributed by atoms with van der Waals surface area (Å²) in [6.45, 7) is 2.54. The lowest BCUT2D eigenvalue weighted by molar-refractivity contribution is 0.0902. The maximum Gasteiger partial charge on any atom is 0.271 e. The van der Waals surface area contributed by atoms with Crippen LogP contribution in [0.1, 0.15) is 48.7 Å². The monoisotopic (exact) mass is 325 g/mol. The van der Waals surface area contributed by atoms with Crippen molar-refractivity contribution >= 4 is 5.91 Å². The number of nitrogens with zero attached hydrogens (tertiary/aromatic N) is 2. The van der Waals surface area contributed by atoms with Crippen molar-refractivity contribution in [2.45, 2.75) is 45.2 Å². The SMILES string of the molecule is C[C@@H]1CCCC[C@@H]1NC(=O)c1ccc(=O)n(Cc2ccccc2)n1. The van der Waals surface area contributed by atoms with Crippen molar-refractivity contribution in [2.75, 3.05) is 0 Å². The van der Waals surface area contributed by atoms with Crippen LogP contribution in [0.4, 0.5) is 0 Å². The Labute approximate surface area is 141 Å². The Morgan fingerprint density at radius 3 is 2.67 bits per heavy atom. The lowest BCUT2D eigenvalue weighted by Gasteiger charge is -2.29. The number of carbonyl (C=O) groups excluding carboxylic acids is 1. The molecule has 1 aliphatic rings. The van der Waals surface area contributed by atoms with Crippen LogP contribution in [0, 0.1) is 5.92 Å². The molecule has 0 spiro atoms. The van der Waals surface area contributed by atoms with E-state index in [1.54, 1.807) is 0 Å². The summed E-state index contributed by atoms with van der Waals surface area (Å²) < 4.78 is 1.34. The molecule has 1 N–H and O–H groups in total. The summed E-state index contributed by atoms with van der Waals surface area (Å²) in [6.07, 6.45) is 4.53. The molecule has 1 aliphatic carbocycles. The van der Waals surface area contributed by atoms with Gasteiger partial charge in [-0.15, -0.1) is 0 Å². The summed E-state index contributed by atoms with van der Waals surface area (Å²) in [5, 5.41) is 7.33. The van der Waals surface area contributed by atoms with Crippen molar-refractivity contribution in [1.82, 2.24) is 15.1 Å². The van der Waals surface area contributed by atoms with Gasteiger partial charge in [-0.1, -0.05) is 50.1 Å². The fraction of sp³-hybridized carbons (Fsp3) is 0.421. The number of rotatable bonds is 4. The molecule has 0 radical (unpaired) electrons. The maximum atomic E-state index is 12.5. The molecular weight excluding hydrogens is 302 g/mol. The number of benzene rings is 1. The molecule has 0 bridgehead atoms. The molecule has 1 amide bonds. The fourth-order valence-electron chi connectivity index (χ4n) is 3.21. The maximum absolute atomic E-state index is 12.5. The highest BCUT2D eigenvalue weighted by Gasteiger charge is 2.23. The Hall–Kier alpha value is -2.43.